The summed E-state index contributed by atoms with van der Waals surface area (Å²) in [7, 11) is -11.3. The number of rotatable bonds is 14. The van der Waals surface area contributed by atoms with Crippen LogP contribution in [0.2, 0.25) is 0 Å². The first kappa shape index (κ1) is 33.9. The molecule has 1 unspecified atom stereocenters. The molecule has 4 N–H and O–H groups in total. The van der Waals surface area contributed by atoms with E-state index in [1.54, 1.807) is 6.07 Å². The predicted molar refractivity (Wildman–Crippen MR) is 158 cm³/mol. The Morgan fingerprint density at radius 2 is 1.76 bits per heavy atom. The molecule has 0 radical (unpaired) electrons. The minimum absolute atomic E-state index is 0.0664. The maximum absolute atomic E-state index is 14.1. The molecule has 0 bridgehead atoms. The lowest BCUT2D eigenvalue weighted by atomic mass is 9.88. The van der Waals surface area contributed by atoms with Crippen LogP contribution in [0.1, 0.15) is 69.2 Å². The molecule has 0 spiro atoms. The van der Waals surface area contributed by atoms with Crippen molar-refractivity contribution >= 4 is 25.0 Å². The van der Waals surface area contributed by atoms with Crippen LogP contribution in [0.25, 0.3) is 0 Å². The minimum Gasteiger partial charge on any atom is -0.496 e. The number of fused-ring (bicyclic) bond motifs is 1. The molecule has 3 atom stereocenters. The molecule has 1 heterocycles. The van der Waals surface area contributed by atoms with E-state index in [0.29, 0.717) is 29.7 Å². The van der Waals surface area contributed by atoms with E-state index < -0.39 is 49.2 Å². The largest absolute Gasteiger partial charge is 0.496 e. The first-order valence-corrected chi connectivity index (χ1v) is 18.9. The lowest BCUT2D eigenvalue weighted by molar-refractivity contribution is 0.234. The third kappa shape index (κ3) is 8.95. The maximum Gasteiger partial charge on any atom is 0.342 e. The molecule has 41 heavy (non-hydrogen) atoms. The zero-order chi connectivity index (χ0) is 30.5. The van der Waals surface area contributed by atoms with Crippen molar-refractivity contribution in [1.82, 2.24) is 10.2 Å². The molecule has 0 saturated carbocycles. The summed E-state index contributed by atoms with van der Waals surface area (Å²) < 4.78 is 63.1. The average molecular weight is 633 g/mol. The molecule has 0 amide bonds. The van der Waals surface area contributed by atoms with Crippen molar-refractivity contribution in [2.24, 2.45) is 0 Å². The third-order valence-electron chi connectivity index (χ3n) is 7.28. The van der Waals surface area contributed by atoms with Gasteiger partial charge in [0.1, 0.15) is 18.3 Å². The Bertz CT molecular complexity index is 1380. The van der Waals surface area contributed by atoms with E-state index in [0.717, 1.165) is 23.3 Å². The van der Waals surface area contributed by atoms with Crippen LogP contribution < -0.4 is 10.1 Å². The van der Waals surface area contributed by atoms with Crippen LogP contribution in [-0.2, 0) is 30.0 Å². The van der Waals surface area contributed by atoms with Gasteiger partial charge in [0.2, 0.25) is 0 Å². The normalized spacial score (nSPS) is 22.1. The summed E-state index contributed by atoms with van der Waals surface area (Å²) in [6.07, 6.45) is 1.52. The first-order valence-electron chi connectivity index (χ1n) is 13.7. The maximum atomic E-state index is 14.1. The summed E-state index contributed by atoms with van der Waals surface area (Å²) in [4.78, 5) is 30.7. The average Bonchev–Trinajstić information content (AvgIpc) is 2.98. The molecule has 230 valence electrons. The molecule has 1 aliphatic heterocycles. The van der Waals surface area contributed by atoms with Gasteiger partial charge in [-0.2, -0.15) is 0 Å². The van der Waals surface area contributed by atoms with Gasteiger partial charge in [0.05, 0.1) is 30.4 Å². The van der Waals surface area contributed by atoms with E-state index >= 15 is 0 Å². The molecule has 0 fully saturated rings. The molecule has 11 nitrogen and oxygen atoms in total. The molecule has 14 heteroatoms. The fourth-order valence-electron chi connectivity index (χ4n) is 5.38. The molecule has 2 aromatic rings. The number of hydrogen-bond acceptors (Lipinski definition) is 8. The Kier molecular flexibility index (Phi) is 11.4. The molecule has 0 aliphatic carbocycles. The number of nitrogens with one attached hydrogen (secondary N) is 1. The van der Waals surface area contributed by atoms with Crippen molar-refractivity contribution in [2.75, 3.05) is 32.0 Å². The van der Waals surface area contributed by atoms with E-state index in [1.165, 1.54) is 20.1 Å². The van der Waals surface area contributed by atoms with Crippen LogP contribution in [0.3, 0.4) is 0 Å². The smallest absolute Gasteiger partial charge is 0.342 e. The number of hydrogen-bond donors (Lipinski definition) is 4. The molecule has 2 aromatic carbocycles. The molecular weight excluding hydrogens is 590 g/mol. The highest BCUT2D eigenvalue weighted by molar-refractivity contribution is 7.91. The summed E-state index contributed by atoms with van der Waals surface area (Å²) in [6, 6.07) is 12.2. The van der Waals surface area contributed by atoms with Crippen molar-refractivity contribution in [3.8, 4) is 5.75 Å². The van der Waals surface area contributed by atoms with Gasteiger partial charge in [-0.15, -0.1) is 0 Å². The summed E-state index contributed by atoms with van der Waals surface area (Å²) in [6.45, 7) is 5.25. The number of ether oxygens (including phenoxy) is 1. The van der Waals surface area contributed by atoms with Crippen LogP contribution in [-0.4, -0.2) is 65.6 Å². The lowest BCUT2D eigenvalue weighted by Crippen LogP contribution is -2.50. The highest BCUT2D eigenvalue weighted by Crippen LogP contribution is 2.46. The van der Waals surface area contributed by atoms with Crippen molar-refractivity contribution in [3.63, 3.8) is 0 Å². The lowest BCUT2D eigenvalue weighted by Gasteiger charge is -2.36. The van der Waals surface area contributed by atoms with Crippen LogP contribution >= 0.6 is 15.2 Å². The minimum atomic E-state index is -4.66. The standard InChI is InChI=1S/C27H42N2O9P2S/c1-5-8-14-27(6-2)18-41(35,36)25-15-22(17-29(19-39(30,31)32)20-40(33,34)38-7-3)24(37-4)16-23(25)26(28-27)21-12-10-9-11-13-21/h9-13,15-16,26,28H,5-8,14,17-20H2,1-4H3,(H,33,34)(H2,30,31,32)/t26-,27-/m1/s1. The highest BCUT2D eigenvalue weighted by atomic mass is 32.2. The Labute approximate surface area is 242 Å². The van der Waals surface area contributed by atoms with Gasteiger partial charge in [0, 0.05) is 17.6 Å². The van der Waals surface area contributed by atoms with Gasteiger partial charge in [-0.3, -0.25) is 19.3 Å². The summed E-state index contributed by atoms with van der Waals surface area (Å²) >= 11 is 0. The molecular formula is C27H42N2O9P2S. The Morgan fingerprint density at radius 1 is 1.07 bits per heavy atom. The van der Waals surface area contributed by atoms with Crippen LogP contribution in [0.15, 0.2) is 47.4 Å². The highest BCUT2D eigenvalue weighted by Gasteiger charge is 2.42. The summed E-state index contributed by atoms with van der Waals surface area (Å²) in [5.41, 5.74) is 1.02. The van der Waals surface area contributed by atoms with Gasteiger partial charge in [-0.1, -0.05) is 57.0 Å². The monoisotopic (exact) mass is 632 g/mol. The third-order valence-corrected chi connectivity index (χ3v) is 11.4. The molecule has 3 rings (SSSR count). The number of nitrogens with zero attached hydrogens (tertiary/aromatic N) is 1. The van der Waals surface area contributed by atoms with Crippen LogP contribution in [0, 0.1) is 0 Å². The SMILES string of the molecule is CCCC[C@]1(CC)CS(=O)(=O)c2cc(CN(CP(=O)(O)O)CP(=O)(O)OCC)c(OC)cc2[C@@H](c2ccccc2)N1. The second-order valence-electron chi connectivity index (χ2n) is 10.5. The topological polar surface area (TPSA) is 163 Å². The zero-order valence-corrected chi connectivity index (χ0v) is 26.6. The first-order chi connectivity index (χ1) is 19.2. The van der Waals surface area contributed by atoms with Crippen molar-refractivity contribution in [3.05, 3.63) is 59.2 Å². The molecule has 1 aliphatic rings. The predicted octanol–water partition coefficient (Wildman–Crippen LogP) is 4.62. The Hall–Kier alpha value is -1.59. The number of unbranched alkanes of at least 4 members (excludes halogenated alkanes) is 1. The van der Waals surface area contributed by atoms with Crippen LogP contribution in [0.4, 0.5) is 0 Å². The van der Waals surface area contributed by atoms with E-state index in [9.17, 15) is 32.2 Å². The fraction of sp³-hybridized carbons (Fsp3) is 0.556. The number of sulfone groups is 1. The number of benzene rings is 2. The second-order valence-corrected chi connectivity index (χ2v) is 15.9. The number of methoxy groups -OCH3 is 1. The fourth-order valence-corrected chi connectivity index (χ4v) is 9.63. The van der Waals surface area contributed by atoms with Gasteiger partial charge in [0.15, 0.2) is 9.84 Å². The van der Waals surface area contributed by atoms with E-state index in [-0.39, 0.29) is 23.8 Å². The van der Waals surface area contributed by atoms with Gasteiger partial charge >= 0.3 is 15.2 Å². The van der Waals surface area contributed by atoms with Gasteiger partial charge in [-0.25, -0.2) is 8.42 Å². The zero-order valence-electron chi connectivity index (χ0n) is 24.0. The van der Waals surface area contributed by atoms with E-state index in [4.69, 9.17) is 9.26 Å². The Balaban J connectivity index is 2.20. The van der Waals surface area contributed by atoms with Gasteiger partial charge in [0.25, 0.3) is 0 Å². The summed E-state index contributed by atoms with van der Waals surface area (Å²) in [5.74, 6) is 0.167. The quantitative estimate of drug-likeness (QED) is 0.215. The van der Waals surface area contributed by atoms with Crippen LogP contribution in [0.5, 0.6) is 5.75 Å². The van der Waals surface area contributed by atoms with E-state index in [1.807, 2.05) is 37.3 Å². The molecule has 0 aromatic heterocycles. The van der Waals surface area contributed by atoms with Gasteiger partial charge < -0.3 is 23.9 Å². The second kappa shape index (κ2) is 13.8. The molecule has 0 saturated heterocycles. The van der Waals surface area contributed by atoms with Crippen molar-refractivity contribution < 1.29 is 41.5 Å². The Morgan fingerprint density at radius 3 is 2.32 bits per heavy atom. The summed E-state index contributed by atoms with van der Waals surface area (Å²) in [5, 5.41) is 3.70. The van der Waals surface area contributed by atoms with Crippen molar-refractivity contribution in [2.45, 2.75) is 69.5 Å². The van der Waals surface area contributed by atoms with Crippen molar-refractivity contribution in [1.29, 1.82) is 0 Å². The van der Waals surface area contributed by atoms with E-state index in [2.05, 4.69) is 12.2 Å². The van der Waals surface area contributed by atoms with Gasteiger partial charge in [-0.05, 0) is 43.0 Å².